The first-order valence-electron chi connectivity index (χ1n) is 21.2. The lowest BCUT2D eigenvalue weighted by Gasteiger charge is -2.16. The first-order valence-corrected chi connectivity index (χ1v) is 22.0. The summed E-state index contributed by atoms with van der Waals surface area (Å²) in [4.78, 5) is 16.9. The molecule has 0 atom stereocenters. The van der Waals surface area contributed by atoms with Crippen LogP contribution in [0.15, 0.2) is 212 Å². The lowest BCUT2D eigenvalue weighted by molar-refractivity contribution is 1.07. The number of nitrogens with zero attached hydrogens (tertiary/aromatic N) is 5. The van der Waals surface area contributed by atoms with Crippen molar-refractivity contribution in [1.29, 1.82) is 0 Å². The molecule has 13 rings (SSSR count). The summed E-state index contributed by atoms with van der Waals surface area (Å²) in [7, 11) is 0. The largest absolute Gasteiger partial charge is 0.309 e. The monoisotopic (exact) mass is 821 g/mol. The molecule has 294 valence electrons. The molecule has 5 nitrogen and oxygen atoms in total. The molecule has 0 bridgehead atoms. The van der Waals surface area contributed by atoms with Gasteiger partial charge in [-0.25, -0.2) is 15.0 Å². The van der Waals surface area contributed by atoms with Crippen molar-refractivity contribution in [3.63, 3.8) is 0 Å². The fourth-order valence-corrected chi connectivity index (χ4v) is 10.5. The molecule has 13 aromatic rings. The first kappa shape index (κ1) is 35.6. The Balaban J connectivity index is 1.07. The van der Waals surface area contributed by atoms with E-state index in [1.165, 1.54) is 48.0 Å². The van der Waals surface area contributed by atoms with E-state index < -0.39 is 0 Å². The van der Waals surface area contributed by atoms with Gasteiger partial charge in [0, 0.05) is 48.7 Å². The predicted octanol–water partition coefficient (Wildman–Crippen LogP) is 15.1. The molecular weight excluding hydrogens is 787 g/mol. The van der Waals surface area contributed by atoms with E-state index in [4.69, 9.17) is 15.0 Å². The van der Waals surface area contributed by atoms with E-state index in [9.17, 15) is 0 Å². The van der Waals surface area contributed by atoms with E-state index in [1.54, 1.807) is 11.3 Å². The Bertz CT molecular complexity index is 3650. The second-order valence-electron chi connectivity index (χ2n) is 16.0. The maximum Gasteiger partial charge on any atom is 0.174 e. The summed E-state index contributed by atoms with van der Waals surface area (Å²) in [6, 6.07) is 75.8. The Kier molecular flexibility index (Phi) is 8.01. The number of para-hydroxylation sites is 4. The van der Waals surface area contributed by atoms with Crippen LogP contribution in [0.2, 0.25) is 0 Å². The molecule has 63 heavy (non-hydrogen) atoms. The van der Waals surface area contributed by atoms with Gasteiger partial charge in [-0.2, -0.15) is 0 Å². The molecule has 0 aliphatic rings. The molecule has 0 aliphatic heterocycles. The van der Waals surface area contributed by atoms with Crippen molar-refractivity contribution >= 4 is 75.8 Å². The number of fused-ring (bicyclic) bond motifs is 8. The van der Waals surface area contributed by atoms with Crippen LogP contribution < -0.4 is 0 Å². The van der Waals surface area contributed by atoms with Crippen molar-refractivity contribution in [2.75, 3.05) is 0 Å². The van der Waals surface area contributed by atoms with Crippen molar-refractivity contribution in [1.82, 2.24) is 24.1 Å². The van der Waals surface area contributed by atoms with Gasteiger partial charge >= 0.3 is 0 Å². The maximum absolute atomic E-state index is 5.36. The highest BCUT2D eigenvalue weighted by Crippen LogP contribution is 2.39. The number of hydrogen-bond donors (Lipinski definition) is 0. The Morgan fingerprint density at radius 2 is 0.762 bits per heavy atom. The molecule has 4 aromatic heterocycles. The molecule has 0 N–H and O–H groups in total. The van der Waals surface area contributed by atoms with Crippen LogP contribution in [0.1, 0.15) is 0 Å². The second-order valence-corrected chi connectivity index (χ2v) is 17.1. The number of aromatic nitrogens is 5. The average Bonchev–Trinajstić information content (AvgIpc) is 4.04. The molecule has 0 saturated carbocycles. The smallest absolute Gasteiger partial charge is 0.174 e. The Morgan fingerprint density at radius 1 is 0.317 bits per heavy atom. The molecule has 0 spiro atoms. The highest BCUT2D eigenvalue weighted by molar-refractivity contribution is 7.22. The second kappa shape index (κ2) is 14.2. The Labute approximate surface area is 366 Å². The van der Waals surface area contributed by atoms with Gasteiger partial charge in [0.05, 0.1) is 26.9 Å². The third kappa shape index (κ3) is 5.80. The van der Waals surface area contributed by atoms with Crippen molar-refractivity contribution in [2.45, 2.75) is 0 Å². The van der Waals surface area contributed by atoms with Crippen molar-refractivity contribution in [3.05, 3.63) is 212 Å². The van der Waals surface area contributed by atoms with Crippen LogP contribution in [0, 0.1) is 0 Å². The molecular formula is C57H35N5S. The van der Waals surface area contributed by atoms with Crippen LogP contribution in [-0.4, -0.2) is 24.1 Å². The minimum atomic E-state index is 0.607. The standard InChI is InChI=1S/C57H35N5S/c1-3-17-43-36(14-1)16-13-22-44(43)37-28-30-38(31-29-37)55-58-56(60-57(59-55)54-34-39-15-2-12-27-53(39)63-54)40-32-41(61-49-23-8-4-18-45(49)46-19-5-9-24-50(46)61)35-42(33-40)62-51-25-10-6-20-47(51)48-21-7-11-26-52(48)62/h1-35H. The van der Waals surface area contributed by atoms with E-state index in [1.807, 2.05) is 0 Å². The summed E-state index contributed by atoms with van der Waals surface area (Å²) >= 11 is 1.71. The Morgan fingerprint density at radius 3 is 1.33 bits per heavy atom. The van der Waals surface area contributed by atoms with Gasteiger partial charge in [0.2, 0.25) is 0 Å². The normalized spacial score (nSPS) is 11.8. The predicted molar refractivity (Wildman–Crippen MR) is 263 cm³/mol. The fourth-order valence-electron chi connectivity index (χ4n) is 9.50. The number of hydrogen-bond acceptors (Lipinski definition) is 4. The summed E-state index contributed by atoms with van der Waals surface area (Å²) in [6.45, 7) is 0. The highest BCUT2D eigenvalue weighted by atomic mass is 32.1. The zero-order valence-electron chi connectivity index (χ0n) is 33.9. The molecule has 6 heteroatoms. The SMILES string of the molecule is c1ccc2sc(-c3nc(-c4ccc(-c5cccc6ccccc56)cc4)nc(-c4cc(-n5c6ccccc6c6ccccc65)cc(-n5c6ccccc6c6ccccc65)c4)n3)cc2c1. The van der Waals surface area contributed by atoms with Crippen LogP contribution in [0.4, 0.5) is 0 Å². The lowest BCUT2D eigenvalue weighted by Crippen LogP contribution is -2.03. The van der Waals surface area contributed by atoms with Gasteiger partial charge in [-0.1, -0.05) is 158 Å². The minimum absolute atomic E-state index is 0.607. The van der Waals surface area contributed by atoms with E-state index >= 15 is 0 Å². The van der Waals surface area contributed by atoms with Gasteiger partial charge in [0.1, 0.15) is 0 Å². The van der Waals surface area contributed by atoms with Crippen molar-refractivity contribution < 1.29 is 0 Å². The van der Waals surface area contributed by atoms with Gasteiger partial charge in [-0.05, 0) is 81.9 Å². The number of rotatable bonds is 6. The fraction of sp³-hybridized carbons (Fsp3) is 0. The van der Waals surface area contributed by atoms with Crippen molar-refractivity contribution in [2.24, 2.45) is 0 Å². The zero-order valence-corrected chi connectivity index (χ0v) is 34.7. The summed E-state index contributed by atoms with van der Waals surface area (Å²) in [5, 5.41) is 8.44. The molecule has 9 aromatic carbocycles. The van der Waals surface area contributed by atoms with E-state index in [0.29, 0.717) is 17.5 Å². The number of benzene rings is 9. The summed E-state index contributed by atoms with van der Waals surface area (Å²) < 4.78 is 5.96. The van der Waals surface area contributed by atoms with Crippen LogP contribution in [0.25, 0.3) is 120 Å². The van der Waals surface area contributed by atoms with Crippen LogP contribution in [0.3, 0.4) is 0 Å². The van der Waals surface area contributed by atoms with Crippen LogP contribution in [0.5, 0.6) is 0 Å². The average molecular weight is 822 g/mol. The topological polar surface area (TPSA) is 48.5 Å². The van der Waals surface area contributed by atoms with E-state index in [2.05, 4.69) is 221 Å². The quantitative estimate of drug-likeness (QED) is 0.168. The summed E-state index contributed by atoms with van der Waals surface area (Å²) in [5.74, 6) is 1.88. The van der Waals surface area contributed by atoms with Crippen molar-refractivity contribution in [3.8, 4) is 56.0 Å². The molecule has 0 unspecified atom stereocenters. The van der Waals surface area contributed by atoms with Crippen LogP contribution in [-0.2, 0) is 0 Å². The van der Waals surface area contributed by atoms with Gasteiger partial charge in [-0.15, -0.1) is 11.3 Å². The maximum atomic E-state index is 5.36. The minimum Gasteiger partial charge on any atom is -0.309 e. The van der Waals surface area contributed by atoms with Gasteiger partial charge < -0.3 is 9.13 Å². The first-order chi connectivity index (χ1) is 31.2. The third-order valence-corrected chi connectivity index (χ3v) is 13.5. The third-order valence-electron chi connectivity index (χ3n) is 12.4. The van der Waals surface area contributed by atoms with Gasteiger partial charge in [0.15, 0.2) is 17.5 Å². The van der Waals surface area contributed by atoms with E-state index in [-0.39, 0.29) is 0 Å². The van der Waals surface area contributed by atoms with Crippen LogP contribution >= 0.6 is 11.3 Å². The van der Waals surface area contributed by atoms with Gasteiger partial charge in [0.25, 0.3) is 0 Å². The molecule has 0 aliphatic carbocycles. The summed E-state index contributed by atoms with van der Waals surface area (Å²) in [5.41, 5.74) is 10.7. The molecule has 0 saturated heterocycles. The van der Waals surface area contributed by atoms with Gasteiger partial charge in [-0.3, -0.25) is 0 Å². The van der Waals surface area contributed by atoms with E-state index in [0.717, 1.165) is 55.0 Å². The number of thiophene rings is 1. The molecule has 0 radical (unpaired) electrons. The highest BCUT2D eigenvalue weighted by Gasteiger charge is 2.20. The molecule has 0 fully saturated rings. The zero-order chi connectivity index (χ0) is 41.4. The Hall–Kier alpha value is -8.19. The molecule has 4 heterocycles. The molecule has 0 amide bonds. The lowest BCUT2D eigenvalue weighted by atomic mass is 9.97. The summed E-state index contributed by atoms with van der Waals surface area (Å²) in [6.07, 6.45) is 0.